The third-order valence-electron chi connectivity index (χ3n) is 2.71. The monoisotopic (exact) mass is 223 g/mol. The van der Waals surface area contributed by atoms with Gasteiger partial charge in [-0.2, -0.15) is 0 Å². The Balaban J connectivity index is 2.35. The summed E-state index contributed by atoms with van der Waals surface area (Å²) in [6, 6.07) is 0. The first-order valence-electron chi connectivity index (χ1n) is 4.99. The normalized spacial score (nSPS) is 23.9. The molecule has 5 nitrogen and oxygen atoms in total. The molecule has 0 aliphatic carbocycles. The van der Waals surface area contributed by atoms with E-state index in [4.69, 9.17) is 4.52 Å². The summed E-state index contributed by atoms with van der Waals surface area (Å²) in [7, 11) is -4.05. The average Bonchev–Trinajstić information content (AvgIpc) is 2.03. The zero-order valence-electron chi connectivity index (χ0n) is 8.77. The molecular weight excluding hydrogens is 205 g/mol. The highest BCUT2D eigenvalue weighted by Gasteiger charge is 2.34. The minimum absolute atomic E-state index is 0.132. The molecule has 1 fully saturated rings. The van der Waals surface area contributed by atoms with Crippen molar-refractivity contribution in [3.63, 3.8) is 0 Å². The molecule has 0 bridgehead atoms. The van der Waals surface area contributed by atoms with Gasteiger partial charge < -0.3 is 13.9 Å². The predicted molar refractivity (Wildman–Crippen MR) is 50.3 cm³/mol. The standard InChI is InChI=1S/C8H18NO4P/c1-3-9(6-5-7-9)8-13-14(10,11)12-4-2/h3-8H2,1-2H3. The highest BCUT2D eigenvalue weighted by molar-refractivity contribution is 7.45. The molecule has 0 aromatic rings. The van der Waals surface area contributed by atoms with E-state index < -0.39 is 7.82 Å². The van der Waals surface area contributed by atoms with Gasteiger partial charge in [-0.05, 0) is 13.8 Å². The Bertz CT molecular complexity index is 224. The van der Waals surface area contributed by atoms with Crippen LogP contribution in [0.3, 0.4) is 0 Å². The van der Waals surface area contributed by atoms with Crippen LogP contribution in [0.15, 0.2) is 0 Å². The van der Waals surface area contributed by atoms with Crippen molar-refractivity contribution in [3.8, 4) is 0 Å². The number of phosphoric ester groups is 1. The van der Waals surface area contributed by atoms with E-state index in [1.54, 1.807) is 6.92 Å². The van der Waals surface area contributed by atoms with E-state index in [1.165, 1.54) is 0 Å². The SMILES string of the molecule is CCOP(=O)([O-])OC[N+]1(CC)CCC1. The van der Waals surface area contributed by atoms with E-state index in [0.29, 0.717) is 0 Å². The van der Waals surface area contributed by atoms with Gasteiger partial charge in [0, 0.05) is 6.42 Å². The summed E-state index contributed by atoms with van der Waals surface area (Å²) < 4.78 is 21.2. The number of hydrogen-bond donors (Lipinski definition) is 0. The van der Waals surface area contributed by atoms with Crippen molar-refractivity contribution in [2.24, 2.45) is 0 Å². The Morgan fingerprint density at radius 1 is 1.36 bits per heavy atom. The van der Waals surface area contributed by atoms with Crippen LogP contribution in [0.4, 0.5) is 0 Å². The molecule has 1 saturated heterocycles. The van der Waals surface area contributed by atoms with Crippen LogP contribution in [0.2, 0.25) is 0 Å². The van der Waals surface area contributed by atoms with Crippen LogP contribution >= 0.6 is 7.82 Å². The van der Waals surface area contributed by atoms with Crippen LogP contribution in [0, 0.1) is 0 Å². The molecule has 1 rings (SSSR count). The van der Waals surface area contributed by atoms with Crippen LogP contribution in [0.5, 0.6) is 0 Å². The molecule has 1 atom stereocenters. The Morgan fingerprint density at radius 3 is 2.36 bits per heavy atom. The minimum Gasteiger partial charge on any atom is -0.756 e. The molecule has 0 amide bonds. The maximum absolute atomic E-state index is 11.1. The summed E-state index contributed by atoms with van der Waals surface area (Å²) in [4.78, 5) is 11.1. The van der Waals surface area contributed by atoms with Gasteiger partial charge in [-0.25, -0.2) is 0 Å². The zero-order valence-corrected chi connectivity index (χ0v) is 9.66. The van der Waals surface area contributed by atoms with Gasteiger partial charge in [0.05, 0.1) is 26.2 Å². The highest BCUT2D eigenvalue weighted by atomic mass is 31.2. The maximum Gasteiger partial charge on any atom is 0.272 e. The largest absolute Gasteiger partial charge is 0.756 e. The number of hydrogen-bond acceptors (Lipinski definition) is 4. The summed E-state index contributed by atoms with van der Waals surface area (Å²) in [6.45, 7) is 6.93. The van der Waals surface area contributed by atoms with Gasteiger partial charge in [0.1, 0.15) is 0 Å². The van der Waals surface area contributed by atoms with Crippen molar-refractivity contribution in [3.05, 3.63) is 0 Å². The molecule has 1 unspecified atom stereocenters. The van der Waals surface area contributed by atoms with E-state index >= 15 is 0 Å². The van der Waals surface area contributed by atoms with Crippen molar-refractivity contribution < 1.29 is 23.0 Å². The van der Waals surface area contributed by atoms with E-state index in [2.05, 4.69) is 4.52 Å². The molecule has 14 heavy (non-hydrogen) atoms. The summed E-state index contributed by atoms with van der Waals surface area (Å²) in [5.41, 5.74) is 0. The Morgan fingerprint density at radius 2 is 2.00 bits per heavy atom. The lowest BCUT2D eigenvalue weighted by atomic mass is 10.1. The van der Waals surface area contributed by atoms with Crippen molar-refractivity contribution in [2.75, 3.05) is 33.0 Å². The molecular formula is C8H18NO4P. The highest BCUT2D eigenvalue weighted by Crippen LogP contribution is 2.39. The number of quaternary nitrogens is 1. The summed E-state index contributed by atoms with van der Waals surface area (Å²) in [6.07, 6.45) is 1.15. The van der Waals surface area contributed by atoms with Crippen LogP contribution in [-0.4, -0.2) is 37.5 Å². The van der Waals surface area contributed by atoms with Crippen molar-refractivity contribution in [1.29, 1.82) is 0 Å². The van der Waals surface area contributed by atoms with Gasteiger partial charge >= 0.3 is 0 Å². The predicted octanol–water partition coefficient (Wildman–Crippen LogP) is 0.706. The molecule has 84 valence electrons. The van der Waals surface area contributed by atoms with E-state index in [1.807, 2.05) is 6.92 Å². The van der Waals surface area contributed by atoms with Crippen LogP contribution in [0.25, 0.3) is 0 Å². The fourth-order valence-corrected chi connectivity index (χ4v) is 2.31. The molecule has 6 heteroatoms. The first kappa shape index (κ1) is 12.1. The van der Waals surface area contributed by atoms with Gasteiger partial charge in [-0.3, -0.25) is 9.09 Å². The summed E-state index contributed by atoms with van der Waals surface area (Å²) in [5.74, 6) is 0. The van der Waals surface area contributed by atoms with Gasteiger partial charge in [0.25, 0.3) is 7.82 Å². The third kappa shape index (κ3) is 3.04. The van der Waals surface area contributed by atoms with Crippen LogP contribution in [-0.2, 0) is 13.6 Å². The first-order valence-corrected chi connectivity index (χ1v) is 6.45. The smallest absolute Gasteiger partial charge is 0.272 e. The Kier molecular flexibility index (Phi) is 4.10. The minimum atomic E-state index is -4.05. The van der Waals surface area contributed by atoms with Gasteiger partial charge in [0.2, 0.25) is 0 Å². The van der Waals surface area contributed by atoms with Crippen LogP contribution < -0.4 is 4.89 Å². The molecule has 1 aliphatic rings. The second-order valence-electron chi connectivity index (χ2n) is 3.58. The van der Waals surface area contributed by atoms with Gasteiger partial charge in [-0.15, -0.1) is 0 Å². The van der Waals surface area contributed by atoms with Crippen molar-refractivity contribution in [2.45, 2.75) is 20.3 Å². The molecule has 0 spiro atoms. The Labute approximate surface area is 84.8 Å². The fraction of sp³-hybridized carbons (Fsp3) is 1.00. The second kappa shape index (κ2) is 4.73. The van der Waals surface area contributed by atoms with E-state index in [0.717, 1.165) is 30.5 Å². The lowest BCUT2D eigenvalue weighted by molar-refractivity contribution is -0.975. The number of phosphoric acid groups is 1. The lowest BCUT2D eigenvalue weighted by Crippen LogP contribution is -2.58. The molecule has 0 saturated carbocycles. The van der Waals surface area contributed by atoms with E-state index in [-0.39, 0.29) is 13.3 Å². The number of rotatable bonds is 6. The number of nitrogens with zero attached hydrogens (tertiary/aromatic N) is 1. The Hall–Kier alpha value is 0.0700. The lowest BCUT2D eigenvalue weighted by Gasteiger charge is -2.45. The molecule has 0 aromatic heterocycles. The molecule has 1 aliphatic heterocycles. The summed E-state index contributed by atoms with van der Waals surface area (Å²) >= 11 is 0. The topological polar surface area (TPSA) is 58.6 Å². The van der Waals surface area contributed by atoms with Gasteiger partial charge in [-0.1, -0.05) is 0 Å². The quantitative estimate of drug-likeness (QED) is 0.491. The van der Waals surface area contributed by atoms with Crippen molar-refractivity contribution in [1.82, 2.24) is 0 Å². The average molecular weight is 223 g/mol. The molecule has 0 aromatic carbocycles. The van der Waals surface area contributed by atoms with E-state index in [9.17, 15) is 9.46 Å². The fourth-order valence-electron chi connectivity index (χ4n) is 1.53. The zero-order chi connectivity index (χ0) is 10.7. The molecule has 1 heterocycles. The van der Waals surface area contributed by atoms with Gasteiger partial charge in [0.15, 0.2) is 6.73 Å². The number of likely N-dealkylation sites (tertiary alicyclic amines) is 1. The maximum atomic E-state index is 11.1. The summed E-state index contributed by atoms with van der Waals surface area (Å²) in [5, 5.41) is 0. The first-order chi connectivity index (χ1) is 6.54. The van der Waals surface area contributed by atoms with Crippen LogP contribution in [0.1, 0.15) is 20.3 Å². The molecule has 0 radical (unpaired) electrons. The van der Waals surface area contributed by atoms with Crippen molar-refractivity contribution >= 4 is 7.82 Å². The second-order valence-corrected chi connectivity index (χ2v) is 4.99. The molecule has 0 N–H and O–H groups in total. The third-order valence-corrected chi connectivity index (χ3v) is 3.72.